The van der Waals surface area contributed by atoms with Crippen molar-refractivity contribution in [3.05, 3.63) is 36.4 Å². The highest BCUT2D eigenvalue weighted by molar-refractivity contribution is 5.75. The van der Waals surface area contributed by atoms with E-state index < -0.39 is 6.04 Å². The van der Waals surface area contributed by atoms with Crippen molar-refractivity contribution >= 4 is 5.97 Å². The minimum Gasteiger partial charge on any atom is -0.468 e. The van der Waals surface area contributed by atoms with E-state index in [1.54, 1.807) is 12.5 Å². The van der Waals surface area contributed by atoms with E-state index >= 15 is 0 Å². The van der Waals surface area contributed by atoms with Gasteiger partial charge in [-0.1, -0.05) is 0 Å². The molecule has 0 bridgehead atoms. The molecular weight excluding hydrogens is 258 g/mol. The smallest absolute Gasteiger partial charge is 0.323 e. The van der Waals surface area contributed by atoms with E-state index in [1.165, 1.54) is 7.11 Å². The molecule has 2 aromatic heterocycles. The Morgan fingerprint density at radius 1 is 1.45 bits per heavy atom. The summed E-state index contributed by atoms with van der Waals surface area (Å²) in [6, 6.07) is -0.438. The van der Waals surface area contributed by atoms with Gasteiger partial charge < -0.3 is 13.9 Å². The second kappa shape index (κ2) is 6.33. The van der Waals surface area contributed by atoms with Crippen LogP contribution in [0.4, 0.5) is 0 Å². The van der Waals surface area contributed by atoms with E-state index in [0.29, 0.717) is 13.0 Å². The molecule has 2 aromatic rings. The molecule has 0 saturated carbocycles. The maximum atomic E-state index is 11.8. The van der Waals surface area contributed by atoms with E-state index in [4.69, 9.17) is 4.74 Å². The number of ether oxygens (including phenoxy) is 1. The first-order valence-corrected chi connectivity index (χ1v) is 6.34. The minimum absolute atomic E-state index is 0.301. The molecule has 108 valence electrons. The Bertz CT molecular complexity index is 575. The predicted molar refractivity (Wildman–Crippen MR) is 72.8 cm³/mol. The third-order valence-electron chi connectivity index (χ3n) is 3.08. The summed E-state index contributed by atoms with van der Waals surface area (Å²) in [7, 11) is 5.19. The third kappa shape index (κ3) is 3.45. The van der Waals surface area contributed by atoms with Gasteiger partial charge in [-0.25, -0.2) is 9.97 Å². The number of carbonyl (C=O) groups is 1. The zero-order chi connectivity index (χ0) is 14.5. The van der Waals surface area contributed by atoms with Crippen LogP contribution in [0.3, 0.4) is 0 Å². The van der Waals surface area contributed by atoms with Crippen LogP contribution in [-0.2, 0) is 36.6 Å². The lowest BCUT2D eigenvalue weighted by atomic mass is 10.1. The Morgan fingerprint density at radius 3 is 2.80 bits per heavy atom. The highest BCUT2D eigenvalue weighted by atomic mass is 16.5. The summed E-state index contributed by atoms with van der Waals surface area (Å²) in [6.45, 7) is 0.496. The van der Waals surface area contributed by atoms with Crippen molar-refractivity contribution < 1.29 is 9.53 Å². The van der Waals surface area contributed by atoms with Crippen LogP contribution in [0.1, 0.15) is 11.5 Å². The molecule has 0 unspecified atom stereocenters. The van der Waals surface area contributed by atoms with Gasteiger partial charge in [-0.3, -0.25) is 10.1 Å². The summed E-state index contributed by atoms with van der Waals surface area (Å²) >= 11 is 0. The fourth-order valence-electron chi connectivity index (χ4n) is 1.94. The minimum atomic E-state index is -0.438. The molecule has 7 nitrogen and oxygen atoms in total. The molecule has 2 heterocycles. The first-order chi connectivity index (χ1) is 9.60. The number of carbonyl (C=O) groups excluding carboxylic acids is 1. The van der Waals surface area contributed by atoms with Crippen molar-refractivity contribution in [2.24, 2.45) is 14.1 Å². The molecule has 7 heteroatoms. The average molecular weight is 277 g/mol. The number of hydrogen-bond donors (Lipinski definition) is 1. The van der Waals surface area contributed by atoms with E-state index in [2.05, 4.69) is 15.3 Å². The van der Waals surface area contributed by atoms with Crippen molar-refractivity contribution in [2.45, 2.75) is 19.0 Å². The van der Waals surface area contributed by atoms with E-state index in [-0.39, 0.29) is 5.97 Å². The fourth-order valence-corrected chi connectivity index (χ4v) is 1.94. The van der Waals surface area contributed by atoms with Gasteiger partial charge in [0.1, 0.15) is 11.9 Å². The molecule has 0 aromatic carbocycles. The highest BCUT2D eigenvalue weighted by Gasteiger charge is 2.20. The number of methoxy groups -OCH3 is 1. The van der Waals surface area contributed by atoms with Crippen molar-refractivity contribution in [1.29, 1.82) is 0 Å². The molecule has 0 spiro atoms. The van der Waals surface area contributed by atoms with Gasteiger partial charge in [-0.15, -0.1) is 0 Å². The predicted octanol–water partition coefficient (Wildman–Crippen LogP) is 0.0275. The van der Waals surface area contributed by atoms with Crippen molar-refractivity contribution in [2.75, 3.05) is 7.11 Å². The molecule has 0 aliphatic rings. The van der Waals surface area contributed by atoms with Gasteiger partial charge in [0.05, 0.1) is 25.7 Å². The maximum absolute atomic E-state index is 11.8. The SMILES string of the molecule is COC(=O)[C@H](Cc1cn(C)cn1)NCc1nccn1C. The van der Waals surface area contributed by atoms with Crippen LogP contribution < -0.4 is 5.32 Å². The molecular formula is C13H19N5O2. The first-order valence-electron chi connectivity index (χ1n) is 6.34. The quantitative estimate of drug-likeness (QED) is 0.754. The number of imidazole rings is 2. The van der Waals surface area contributed by atoms with Gasteiger partial charge in [-0.05, 0) is 0 Å². The Kier molecular flexibility index (Phi) is 4.52. The summed E-state index contributed by atoms with van der Waals surface area (Å²) in [4.78, 5) is 20.3. The van der Waals surface area contributed by atoms with Gasteiger partial charge in [-0.2, -0.15) is 0 Å². The Labute approximate surface area is 117 Å². The average Bonchev–Trinajstić information content (AvgIpc) is 3.02. The number of esters is 1. The molecule has 2 rings (SSSR count). The van der Waals surface area contributed by atoms with E-state index in [0.717, 1.165) is 11.5 Å². The zero-order valence-electron chi connectivity index (χ0n) is 11.9. The summed E-state index contributed by atoms with van der Waals surface area (Å²) in [5, 5.41) is 3.16. The third-order valence-corrected chi connectivity index (χ3v) is 3.08. The van der Waals surface area contributed by atoms with Crippen LogP contribution in [0.15, 0.2) is 24.9 Å². The lowest BCUT2D eigenvalue weighted by Gasteiger charge is -2.15. The molecule has 0 aliphatic heterocycles. The van der Waals surface area contributed by atoms with Gasteiger partial charge in [0, 0.05) is 39.1 Å². The standard InChI is InChI=1S/C13H19N5O2/c1-17-8-10(16-9-17)6-11(13(19)20-3)15-7-12-14-4-5-18(12)2/h4-5,8-9,11,15H,6-7H2,1-3H3/t11-/m0/s1. The summed E-state index contributed by atoms with van der Waals surface area (Å²) in [6.07, 6.45) is 7.67. The molecule has 1 N–H and O–H groups in total. The number of nitrogens with zero attached hydrogens (tertiary/aromatic N) is 4. The molecule has 1 atom stereocenters. The van der Waals surface area contributed by atoms with Crippen LogP contribution in [0, 0.1) is 0 Å². The number of rotatable bonds is 6. The normalized spacial score (nSPS) is 12.3. The maximum Gasteiger partial charge on any atom is 0.323 e. The second-order valence-electron chi connectivity index (χ2n) is 4.65. The number of aryl methyl sites for hydroxylation is 2. The van der Waals surface area contributed by atoms with E-state index in [1.807, 2.05) is 35.6 Å². The first kappa shape index (κ1) is 14.3. The lowest BCUT2D eigenvalue weighted by Crippen LogP contribution is -2.39. The molecule has 0 amide bonds. The van der Waals surface area contributed by atoms with Crippen LogP contribution in [0.2, 0.25) is 0 Å². The number of aromatic nitrogens is 4. The monoisotopic (exact) mass is 277 g/mol. The van der Waals surface area contributed by atoms with Gasteiger partial charge >= 0.3 is 5.97 Å². The van der Waals surface area contributed by atoms with Crippen molar-refractivity contribution in [3.63, 3.8) is 0 Å². The summed E-state index contributed by atoms with van der Waals surface area (Å²) in [5.74, 6) is 0.560. The van der Waals surface area contributed by atoms with Crippen LogP contribution in [-0.4, -0.2) is 38.2 Å². The molecule has 0 fully saturated rings. The Hall–Kier alpha value is -2.15. The van der Waals surface area contributed by atoms with Crippen molar-refractivity contribution in [1.82, 2.24) is 24.4 Å². The number of nitrogens with one attached hydrogen (secondary N) is 1. The van der Waals surface area contributed by atoms with Gasteiger partial charge in [0.2, 0.25) is 0 Å². The topological polar surface area (TPSA) is 74.0 Å². The highest BCUT2D eigenvalue weighted by Crippen LogP contribution is 2.03. The summed E-state index contributed by atoms with van der Waals surface area (Å²) in [5.41, 5.74) is 0.843. The van der Waals surface area contributed by atoms with Crippen LogP contribution >= 0.6 is 0 Å². The molecule has 0 aliphatic carbocycles. The lowest BCUT2D eigenvalue weighted by molar-refractivity contribution is -0.143. The van der Waals surface area contributed by atoms with Gasteiger partial charge in [0.25, 0.3) is 0 Å². The Balaban J connectivity index is 2.00. The number of hydrogen-bond acceptors (Lipinski definition) is 5. The van der Waals surface area contributed by atoms with Crippen molar-refractivity contribution in [3.8, 4) is 0 Å². The molecule has 0 radical (unpaired) electrons. The largest absolute Gasteiger partial charge is 0.468 e. The van der Waals surface area contributed by atoms with Crippen LogP contribution in [0.5, 0.6) is 0 Å². The Morgan fingerprint density at radius 2 is 2.25 bits per heavy atom. The zero-order valence-corrected chi connectivity index (χ0v) is 11.9. The molecule has 20 heavy (non-hydrogen) atoms. The summed E-state index contributed by atoms with van der Waals surface area (Å²) < 4.78 is 8.58. The fraction of sp³-hybridized carbons (Fsp3) is 0.462. The van der Waals surface area contributed by atoms with Crippen LogP contribution in [0.25, 0.3) is 0 Å². The van der Waals surface area contributed by atoms with E-state index in [9.17, 15) is 4.79 Å². The molecule has 0 saturated heterocycles. The second-order valence-corrected chi connectivity index (χ2v) is 4.65. The van der Waals surface area contributed by atoms with Gasteiger partial charge in [0.15, 0.2) is 0 Å².